The fourth-order valence-electron chi connectivity index (χ4n) is 5.29. The molecule has 2 fully saturated rings. The molecule has 36 heavy (non-hydrogen) atoms. The van der Waals surface area contributed by atoms with Gasteiger partial charge in [0.1, 0.15) is 22.0 Å². The number of nitrogens with one attached hydrogen (secondary N) is 1. The number of hydrogen-bond acceptors (Lipinski definition) is 7. The number of hydrogen-bond donors (Lipinski definition) is 4. The first kappa shape index (κ1) is 25.9. The molecule has 4 N–H and O–H groups in total. The van der Waals surface area contributed by atoms with Crippen LogP contribution in [0.3, 0.4) is 0 Å². The molecule has 6 atom stereocenters. The van der Waals surface area contributed by atoms with E-state index in [0.29, 0.717) is 10.6 Å². The molecule has 192 valence electrons. The van der Waals surface area contributed by atoms with E-state index in [4.69, 9.17) is 0 Å². The predicted octanol–water partition coefficient (Wildman–Crippen LogP) is 0.138. The Morgan fingerprint density at radius 1 is 1.19 bits per heavy atom. The zero-order valence-corrected chi connectivity index (χ0v) is 22.7. The molecule has 3 amide bonds. The number of carbonyl (C=O) groups is 5. The zero-order chi connectivity index (χ0) is 26.5. The minimum absolute atomic E-state index is 0.0153. The lowest BCUT2D eigenvalue weighted by atomic mass is 9.79. The second-order valence-corrected chi connectivity index (χ2v) is 11.5. The number of carbonyl (C=O) groups excluding carboxylic acids is 3. The van der Waals surface area contributed by atoms with Gasteiger partial charge in [0.25, 0.3) is 0 Å². The standard InChI is InChI=1S/C23H27N3O8SSi/c1-9-16-15(10(2)27)20(29)26(16)17(22(32)33)18(9)35-13-7-14(25(8-13)23(34)36)19(28)24-12-5-3-4-11(6-12)21(30)31/h3-6,9-10,13-16,27H,7-8H2,1-2,36H3,(H,24,28)(H,30,31)(H,32,33)/t9-,10-,13+,14+,15-,16-/m1/s1. The molecule has 4 rings (SSSR count). The monoisotopic (exact) mass is 533 g/mol. The summed E-state index contributed by atoms with van der Waals surface area (Å²) in [4.78, 5) is 64.6. The summed E-state index contributed by atoms with van der Waals surface area (Å²) in [5.74, 6) is -4.22. The van der Waals surface area contributed by atoms with Crippen molar-refractivity contribution < 1.29 is 39.3 Å². The maximum atomic E-state index is 13.1. The number of aliphatic hydroxyl groups is 1. The van der Waals surface area contributed by atoms with Gasteiger partial charge in [-0.1, -0.05) is 13.0 Å². The molecule has 0 radical (unpaired) electrons. The Labute approximate surface area is 213 Å². The van der Waals surface area contributed by atoms with Gasteiger partial charge < -0.3 is 30.4 Å². The van der Waals surface area contributed by atoms with E-state index in [1.165, 1.54) is 46.7 Å². The minimum Gasteiger partial charge on any atom is -0.478 e. The third kappa shape index (κ3) is 4.42. The molecule has 2 saturated heterocycles. The molecule has 11 nitrogen and oxygen atoms in total. The van der Waals surface area contributed by atoms with Gasteiger partial charge in [-0.15, -0.1) is 11.8 Å². The van der Waals surface area contributed by atoms with Crippen molar-refractivity contribution in [1.29, 1.82) is 0 Å². The van der Waals surface area contributed by atoms with Gasteiger partial charge in [-0.2, -0.15) is 0 Å². The molecule has 3 heterocycles. The van der Waals surface area contributed by atoms with Crippen LogP contribution in [-0.4, -0.2) is 94.6 Å². The number of rotatable bonds is 7. The summed E-state index contributed by atoms with van der Waals surface area (Å²) >= 11 is 1.26. The number of aromatic carboxylic acids is 1. The van der Waals surface area contributed by atoms with Crippen LogP contribution in [0.2, 0.25) is 0 Å². The Morgan fingerprint density at radius 3 is 2.47 bits per heavy atom. The summed E-state index contributed by atoms with van der Waals surface area (Å²) in [6, 6.07) is 4.56. The summed E-state index contributed by atoms with van der Waals surface area (Å²) in [5, 5.41) is 31.5. The van der Waals surface area contributed by atoms with Crippen LogP contribution in [0.4, 0.5) is 10.5 Å². The number of carboxylic acid groups (broad SMARTS) is 2. The predicted molar refractivity (Wildman–Crippen MR) is 133 cm³/mol. The first-order chi connectivity index (χ1) is 16.9. The zero-order valence-electron chi connectivity index (χ0n) is 19.9. The topological polar surface area (TPSA) is 165 Å². The van der Waals surface area contributed by atoms with Crippen LogP contribution >= 0.6 is 11.8 Å². The van der Waals surface area contributed by atoms with Gasteiger partial charge in [0, 0.05) is 28.3 Å². The summed E-state index contributed by atoms with van der Waals surface area (Å²) in [7, 11) is 0.185. The number of thioether (sulfide) groups is 1. The molecule has 1 aromatic carbocycles. The molecule has 0 bridgehead atoms. The second-order valence-electron chi connectivity index (χ2n) is 9.31. The highest BCUT2D eigenvalue weighted by atomic mass is 32.2. The van der Waals surface area contributed by atoms with Crippen LogP contribution < -0.4 is 5.32 Å². The van der Waals surface area contributed by atoms with Crippen LogP contribution in [0, 0.1) is 11.8 Å². The average Bonchev–Trinajstić information content (AvgIpc) is 3.32. The van der Waals surface area contributed by atoms with E-state index in [-0.39, 0.29) is 51.2 Å². The highest BCUT2D eigenvalue weighted by molar-refractivity contribution is 8.03. The minimum atomic E-state index is -1.23. The molecule has 0 unspecified atom stereocenters. The summed E-state index contributed by atoms with van der Waals surface area (Å²) in [6.45, 7) is 3.57. The number of benzene rings is 1. The van der Waals surface area contributed by atoms with Crippen molar-refractivity contribution in [2.75, 3.05) is 11.9 Å². The van der Waals surface area contributed by atoms with Gasteiger partial charge in [0.05, 0.1) is 23.6 Å². The fraction of sp³-hybridized carbons (Fsp3) is 0.435. The van der Waals surface area contributed by atoms with E-state index in [0.717, 1.165) is 0 Å². The van der Waals surface area contributed by atoms with E-state index in [1.54, 1.807) is 6.07 Å². The van der Waals surface area contributed by atoms with Crippen molar-refractivity contribution in [2.24, 2.45) is 11.8 Å². The van der Waals surface area contributed by atoms with Crippen molar-refractivity contribution in [3.05, 3.63) is 40.4 Å². The number of anilines is 1. The third-order valence-electron chi connectivity index (χ3n) is 6.95. The largest absolute Gasteiger partial charge is 0.478 e. The molecule has 3 aliphatic heterocycles. The fourth-order valence-corrected chi connectivity index (χ4v) is 7.31. The quantitative estimate of drug-likeness (QED) is 0.282. The van der Waals surface area contributed by atoms with Crippen LogP contribution in [0.1, 0.15) is 30.6 Å². The van der Waals surface area contributed by atoms with E-state index in [1.807, 2.05) is 6.92 Å². The number of likely N-dealkylation sites (tertiary alicyclic amines) is 1. The third-order valence-corrected chi connectivity index (χ3v) is 9.02. The number of fused-ring (bicyclic) bond motifs is 1. The van der Waals surface area contributed by atoms with Gasteiger partial charge in [-0.05, 0) is 31.5 Å². The first-order valence-corrected chi connectivity index (χ1v) is 13.4. The van der Waals surface area contributed by atoms with Crippen molar-refractivity contribution in [3.8, 4) is 0 Å². The number of nitrogens with zero attached hydrogens (tertiary/aromatic N) is 2. The molecule has 0 aromatic heterocycles. The van der Waals surface area contributed by atoms with Crippen LogP contribution in [0.15, 0.2) is 34.9 Å². The number of carboxylic acids is 2. The van der Waals surface area contributed by atoms with Gasteiger partial charge in [0.2, 0.25) is 11.8 Å². The molecule has 0 aliphatic carbocycles. The average molecular weight is 534 g/mol. The van der Waals surface area contributed by atoms with Crippen molar-refractivity contribution in [2.45, 2.75) is 43.7 Å². The van der Waals surface area contributed by atoms with E-state index in [2.05, 4.69) is 5.32 Å². The number of aliphatic carboxylic acids is 1. The van der Waals surface area contributed by atoms with Crippen molar-refractivity contribution in [1.82, 2.24) is 9.80 Å². The first-order valence-electron chi connectivity index (χ1n) is 11.5. The van der Waals surface area contributed by atoms with E-state index >= 15 is 0 Å². The molecular weight excluding hydrogens is 506 g/mol. The summed E-state index contributed by atoms with van der Waals surface area (Å²) in [6.07, 6.45) is -0.636. The smallest absolute Gasteiger partial charge is 0.353 e. The van der Waals surface area contributed by atoms with Crippen molar-refractivity contribution in [3.63, 3.8) is 0 Å². The lowest BCUT2D eigenvalue weighted by Crippen LogP contribution is -2.63. The van der Waals surface area contributed by atoms with Crippen LogP contribution in [0.25, 0.3) is 0 Å². The van der Waals surface area contributed by atoms with Crippen molar-refractivity contribution >= 4 is 57.0 Å². The Balaban J connectivity index is 1.53. The Morgan fingerprint density at radius 2 is 1.89 bits per heavy atom. The molecule has 1 aromatic rings. The van der Waals surface area contributed by atoms with E-state index in [9.17, 15) is 39.3 Å². The molecule has 0 spiro atoms. The Bertz CT molecular complexity index is 1190. The maximum absolute atomic E-state index is 13.1. The Kier molecular flexibility index (Phi) is 6.99. The number of amides is 3. The maximum Gasteiger partial charge on any atom is 0.353 e. The Hall–Kier alpha value is -3.16. The van der Waals surface area contributed by atoms with Gasteiger partial charge in [-0.3, -0.25) is 14.4 Å². The lowest BCUT2D eigenvalue weighted by Gasteiger charge is -2.46. The van der Waals surface area contributed by atoms with E-state index < -0.39 is 47.9 Å². The van der Waals surface area contributed by atoms with Crippen LogP contribution in [-0.2, 0) is 14.4 Å². The highest BCUT2D eigenvalue weighted by Gasteiger charge is 2.60. The molecule has 3 aliphatic rings. The van der Waals surface area contributed by atoms with Gasteiger partial charge in [0.15, 0.2) is 5.53 Å². The molecular formula is C23H27N3O8SSi. The summed E-state index contributed by atoms with van der Waals surface area (Å²) < 4.78 is 0. The lowest BCUT2D eigenvalue weighted by molar-refractivity contribution is -0.163. The van der Waals surface area contributed by atoms with Gasteiger partial charge in [-0.25, -0.2) is 9.59 Å². The molecule has 0 saturated carbocycles. The van der Waals surface area contributed by atoms with Gasteiger partial charge >= 0.3 is 11.9 Å². The normalized spacial score (nSPS) is 28.1. The number of aliphatic hydroxyl groups excluding tert-OH is 1. The SMILES string of the molecule is C[C@@H](O)[C@H]1C(=O)N2C(C(=O)O)=C(S[C@H]3C[C@@H](C(=O)Nc4cccc(C(=O)O)c4)N(C(=O)[SiH3])C3)[C@H](C)[C@H]12. The second kappa shape index (κ2) is 9.71. The number of β-lactam (4-membered cyclic amide) rings is 1. The summed E-state index contributed by atoms with van der Waals surface area (Å²) in [5.41, 5.74) is 0.0322. The highest BCUT2D eigenvalue weighted by Crippen LogP contribution is 2.52. The molecule has 13 heteroatoms. The van der Waals surface area contributed by atoms with Crippen LogP contribution in [0.5, 0.6) is 0 Å².